The van der Waals surface area contributed by atoms with Crippen molar-refractivity contribution >= 4 is 40.7 Å². The number of benzene rings is 2. The Labute approximate surface area is 114 Å². The van der Waals surface area contributed by atoms with Crippen LogP contribution in [0, 0.1) is 0 Å². The van der Waals surface area contributed by atoms with Crippen LogP contribution in [0.15, 0.2) is 48.5 Å². The fourth-order valence-electron chi connectivity index (χ4n) is 1.56. The molecule has 18 heavy (non-hydrogen) atoms. The van der Waals surface area contributed by atoms with Crippen molar-refractivity contribution in [3.63, 3.8) is 0 Å². The number of halogens is 2. The Morgan fingerprint density at radius 3 is 2.11 bits per heavy atom. The molecule has 0 saturated heterocycles. The second-order valence-corrected chi connectivity index (χ2v) is 4.35. The summed E-state index contributed by atoms with van der Waals surface area (Å²) in [6.45, 7) is 0. The van der Waals surface area contributed by atoms with E-state index in [1.54, 1.807) is 36.4 Å². The number of carbonyl (C=O) groups excluding carboxylic acids is 1. The van der Waals surface area contributed by atoms with E-state index in [9.17, 15) is 9.90 Å². The van der Waals surface area contributed by atoms with Crippen molar-refractivity contribution in [1.29, 1.82) is 0 Å². The van der Waals surface area contributed by atoms with Crippen molar-refractivity contribution in [2.45, 2.75) is 0 Å². The van der Waals surface area contributed by atoms with Gasteiger partial charge in [-0.25, -0.2) is 14.8 Å². The predicted molar refractivity (Wildman–Crippen MR) is 71.1 cm³/mol. The van der Waals surface area contributed by atoms with Crippen molar-refractivity contribution in [3.05, 3.63) is 58.6 Å². The topological polar surface area (TPSA) is 40.2 Å². The summed E-state index contributed by atoms with van der Waals surface area (Å²) in [7, 11) is 0. The molecule has 3 nitrogen and oxygen atoms in total. The third kappa shape index (κ3) is 2.58. The lowest BCUT2D eigenvalue weighted by Crippen LogP contribution is -2.22. The van der Waals surface area contributed by atoms with Crippen LogP contribution in [0.2, 0.25) is 10.0 Å². The van der Waals surface area contributed by atoms with Crippen LogP contribution in [-0.4, -0.2) is 6.09 Å². The van der Waals surface area contributed by atoms with Gasteiger partial charge in [0.15, 0.2) is 0 Å². The molecule has 1 radical (unpaired) electrons. The fraction of sp³-hybridized carbons (Fsp3) is 0. The van der Waals surface area contributed by atoms with Gasteiger partial charge in [-0.2, -0.15) is 0 Å². The predicted octanol–water partition coefficient (Wildman–Crippen LogP) is 4.68. The highest BCUT2D eigenvalue weighted by Crippen LogP contribution is 2.31. The first-order valence-corrected chi connectivity index (χ1v) is 5.86. The molecule has 2 aromatic rings. The van der Waals surface area contributed by atoms with Crippen LogP contribution in [0.3, 0.4) is 0 Å². The molecule has 1 amide bonds. The summed E-state index contributed by atoms with van der Waals surface area (Å²) in [5, 5.41) is 11.9. The quantitative estimate of drug-likeness (QED) is 0.787. The Morgan fingerprint density at radius 1 is 0.889 bits per heavy atom. The van der Waals surface area contributed by atoms with E-state index in [0.29, 0.717) is 16.4 Å². The normalized spacial score (nSPS) is 10.1. The van der Waals surface area contributed by atoms with Gasteiger partial charge in [0.05, 0.1) is 21.4 Å². The molecule has 0 atom stereocenters. The Kier molecular flexibility index (Phi) is 3.75. The molecule has 0 fully saturated rings. The van der Waals surface area contributed by atoms with Gasteiger partial charge in [-0.1, -0.05) is 41.4 Å². The van der Waals surface area contributed by atoms with Crippen molar-refractivity contribution in [2.24, 2.45) is 0 Å². The van der Waals surface area contributed by atoms with Gasteiger partial charge in [0.2, 0.25) is 0 Å². The first kappa shape index (κ1) is 12.7. The van der Waals surface area contributed by atoms with Gasteiger partial charge in [0, 0.05) is 0 Å². The van der Waals surface area contributed by atoms with Gasteiger partial charge >= 0.3 is 6.09 Å². The van der Waals surface area contributed by atoms with Crippen molar-refractivity contribution in [3.8, 4) is 0 Å². The summed E-state index contributed by atoms with van der Waals surface area (Å²) >= 11 is 11.7. The van der Waals surface area contributed by atoms with Crippen molar-refractivity contribution < 1.29 is 9.90 Å². The third-order valence-electron chi connectivity index (χ3n) is 2.36. The Balaban J connectivity index is 2.49. The number of carbonyl (C=O) groups is 1. The number of anilines is 2. The Morgan fingerprint density at radius 2 is 1.56 bits per heavy atom. The molecule has 0 aliphatic heterocycles. The van der Waals surface area contributed by atoms with E-state index in [1.165, 1.54) is 12.1 Å². The molecular formula is C13H8Cl2NO2. The van der Waals surface area contributed by atoms with Gasteiger partial charge in [-0.3, -0.25) is 0 Å². The van der Waals surface area contributed by atoms with Gasteiger partial charge in [0.25, 0.3) is 0 Å². The maximum Gasteiger partial charge on any atom is 0.462 e. The first-order valence-electron chi connectivity index (χ1n) is 5.11. The molecule has 91 valence electrons. The molecule has 5 heteroatoms. The zero-order valence-electron chi connectivity index (χ0n) is 9.14. The molecule has 0 aromatic heterocycles. The number of nitrogens with zero attached hydrogens (tertiary/aromatic N) is 1. The monoisotopic (exact) mass is 280 g/mol. The SMILES string of the molecule is [O]C(=O)N(c1ccccc1)c1ccc(Cl)c(Cl)c1. The minimum Gasteiger partial charge on any atom is -0.243 e. The Hall–Kier alpha value is -1.71. The highest BCUT2D eigenvalue weighted by atomic mass is 35.5. The van der Waals surface area contributed by atoms with Gasteiger partial charge in [0.1, 0.15) is 0 Å². The molecule has 0 bridgehead atoms. The zero-order chi connectivity index (χ0) is 13.1. The van der Waals surface area contributed by atoms with E-state index < -0.39 is 6.09 Å². The number of hydrogen-bond donors (Lipinski definition) is 0. The van der Waals surface area contributed by atoms with Crippen LogP contribution in [-0.2, 0) is 5.11 Å². The van der Waals surface area contributed by atoms with Crippen LogP contribution < -0.4 is 4.90 Å². The van der Waals surface area contributed by atoms with Gasteiger partial charge in [-0.05, 0) is 30.3 Å². The summed E-state index contributed by atoms with van der Waals surface area (Å²) in [6.07, 6.45) is -1.33. The molecule has 2 aromatic carbocycles. The number of para-hydroxylation sites is 1. The van der Waals surface area contributed by atoms with E-state index in [4.69, 9.17) is 23.2 Å². The lowest BCUT2D eigenvalue weighted by molar-refractivity contribution is 0.179. The highest BCUT2D eigenvalue weighted by Gasteiger charge is 2.18. The largest absolute Gasteiger partial charge is 0.462 e. The van der Waals surface area contributed by atoms with Crippen LogP contribution >= 0.6 is 23.2 Å². The summed E-state index contributed by atoms with van der Waals surface area (Å²) in [5.41, 5.74) is 0.867. The van der Waals surface area contributed by atoms with E-state index in [1.807, 2.05) is 0 Å². The van der Waals surface area contributed by atoms with E-state index in [-0.39, 0.29) is 5.02 Å². The average molecular weight is 281 g/mol. The van der Waals surface area contributed by atoms with Crippen LogP contribution in [0.4, 0.5) is 16.2 Å². The summed E-state index contributed by atoms with van der Waals surface area (Å²) < 4.78 is 0. The van der Waals surface area contributed by atoms with Crippen molar-refractivity contribution in [1.82, 2.24) is 0 Å². The Bertz CT molecular complexity index is 572. The maximum absolute atomic E-state index is 11.2. The smallest absolute Gasteiger partial charge is 0.243 e. The molecule has 2 rings (SSSR count). The molecular weight excluding hydrogens is 273 g/mol. The number of hydrogen-bond acceptors (Lipinski definition) is 1. The summed E-state index contributed by atoms with van der Waals surface area (Å²) in [4.78, 5) is 12.3. The van der Waals surface area contributed by atoms with E-state index in [0.717, 1.165) is 4.90 Å². The average Bonchev–Trinajstić information content (AvgIpc) is 2.35. The van der Waals surface area contributed by atoms with Gasteiger partial charge in [-0.15, -0.1) is 0 Å². The minimum absolute atomic E-state index is 0.288. The number of rotatable bonds is 2. The number of amides is 1. The minimum atomic E-state index is -1.33. The third-order valence-corrected chi connectivity index (χ3v) is 3.10. The molecule has 0 spiro atoms. The van der Waals surface area contributed by atoms with Crippen LogP contribution in [0.5, 0.6) is 0 Å². The molecule has 0 N–H and O–H groups in total. The second kappa shape index (κ2) is 5.29. The van der Waals surface area contributed by atoms with Crippen LogP contribution in [0.25, 0.3) is 0 Å². The van der Waals surface area contributed by atoms with Crippen molar-refractivity contribution in [2.75, 3.05) is 4.90 Å². The van der Waals surface area contributed by atoms with Crippen LogP contribution in [0.1, 0.15) is 0 Å². The highest BCUT2D eigenvalue weighted by molar-refractivity contribution is 6.42. The molecule has 0 aliphatic rings. The molecule has 0 aliphatic carbocycles. The maximum atomic E-state index is 11.2. The molecule has 0 unspecified atom stereocenters. The molecule has 0 saturated carbocycles. The standard InChI is InChI=1S/C13H8Cl2NO2/c14-11-7-6-10(8-12(11)15)16(13(17)18)9-4-2-1-3-5-9/h1-8H. The first-order chi connectivity index (χ1) is 8.59. The van der Waals surface area contributed by atoms with E-state index in [2.05, 4.69) is 0 Å². The molecule has 0 heterocycles. The summed E-state index contributed by atoms with van der Waals surface area (Å²) in [5.74, 6) is 0. The second-order valence-electron chi connectivity index (χ2n) is 3.54. The zero-order valence-corrected chi connectivity index (χ0v) is 10.7. The van der Waals surface area contributed by atoms with E-state index >= 15 is 0 Å². The fourth-order valence-corrected chi connectivity index (χ4v) is 1.85. The van der Waals surface area contributed by atoms with Gasteiger partial charge < -0.3 is 0 Å². The lowest BCUT2D eigenvalue weighted by atomic mass is 10.2. The lowest BCUT2D eigenvalue weighted by Gasteiger charge is -2.18. The summed E-state index contributed by atoms with van der Waals surface area (Å²) in [6, 6.07) is 13.2.